The lowest BCUT2D eigenvalue weighted by Gasteiger charge is -2.51. The molecule has 0 aromatic rings. The summed E-state index contributed by atoms with van der Waals surface area (Å²) in [7, 11) is -1.80. The molecule has 4 nitrogen and oxygen atoms in total. The molecule has 0 aromatic heterocycles. The molecule has 2 fully saturated rings. The summed E-state index contributed by atoms with van der Waals surface area (Å²) in [4.78, 5) is 12.0. The van der Waals surface area contributed by atoms with Crippen molar-refractivity contribution in [2.75, 3.05) is 13.2 Å². The lowest BCUT2D eigenvalue weighted by Crippen LogP contribution is -2.60. The largest absolute Gasteiger partial charge is 0.408 e. The standard InChI is InChI=1S/C18H30O4Si/c1-4-23(5-2,6-3)22-17-16-12-15(19)11-14(16)13-21-18(17)9-7-8-10-20-18/h11,16-17H,4-10,12-13H2,1-3H3/t16-,17+,18-/m0/s1. The molecule has 0 amide bonds. The van der Waals surface area contributed by atoms with Gasteiger partial charge >= 0.3 is 0 Å². The van der Waals surface area contributed by atoms with Crippen LogP contribution in [0, 0.1) is 5.92 Å². The van der Waals surface area contributed by atoms with E-state index < -0.39 is 14.1 Å². The zero-order chi connectivity index (χ0) is 16.5. The molecule has 1 spiro atoms. The third kappa shape index (κ3) is 3.08. The summed E-state index contributed by atoms with van der Waals surface area (Å²) in [6.45, 7) is 7.99. The molecule has 3 aliphatic rings. The Morgan fingerprint density at radius 1 is 1.22 bits per heavy atom. The van der Waals surface area contributed by atoms with Crippen LogP contribution in [0.15, 0.2) is 11.6 Å². The van der Waals surface area contributed by atoms with Crippen molar-refractivity contribution < 1.29 is 18.7 Å². The molecule has 130 valence electrons. The van der Waals surface area contributed by atoms with Gasteiger partial charge in [-0.1, -0.05) is 20.8 Å². The average molecular weight is 339 g/mol. The molecule has 23 heavy (non-hydrogen) atoms. The van der Waals surface area contributed by atoms with Crippen LogP contribution in [0.1, 0.15) is 46.5 Å². The number of ketones is 1. The third-order valence-corrected chi connectivity index (χ3v) is 10.7. The first kappa shape index (κ1) is 17.3. The van der Waals surface area contributed by atoms with Crippen LogP contribution in [-0.4, -0.2) is 39.2 Å². The number of carbonyl (C=O) groups is 1. The number of rotatable bonds is 5. The Morgan fingerprint density at radius 3 is 2.57 bits per heavy atom. The van der Waals surface area contributed by atoms with Gasteiger partial charge in [0.25, 0.3) is 0 Å². The van der Waals surface area contributed by atoms with Crippen LogP contribution in [-0.2, 0) is 18.7 Å². The fourth-order valence-corrected chi connectivity index (χ4v) is 7.22. The third-order valence-electron chi connectivity index (χ3n) is 6.10. The maximum absolute atomic E-state index is 12.0. The van der Waals surface area contributed by atoms with E-state index in [4.69, 9.17) is 13.9 Å². The Labute approximate surface area is 140 Å². The highest BCUT2D eigenvalue weighted by Crippen LogP contribution is 2.46. The van der Waals surface area contributed by atoms with Gasteiger partial charge in [-0.15, -0.1) is 0 Å². The van der Waals surface area contributed by atoms with Gasteiger partial charge in [0.05, 0.1) is 13.2 Å². The summed E-state index contributed by atoms with van der Waals surface area (Å²) in [5.74, 6) is -0.250. The van der Waals surface area contributed by atoms with Crippen LogP contribution >= 0.6 is 0 Å². The van der Waals surface area contributed by atoms with Gasteiger partial charge in [-0.3, -0.25) is 4.79 Å². The lowest BCUT2D eigenvalue weighted by molar-refractivity contribution is -0.311. The molecular formula is C18H30O4Si. The quantitative estimate of drug-likeness (QED) is 0.715. The van der Waals surface area contributed by atoms with Crippen molar-refractivity contribution in [2.24, 2.45) is 5.92 Å². The van der Waals surface area contributed by atoms with E-state index in [1.165, 1.54) is 0 Å². The van der Waals surface area contributed by atoms with Gasteiger partial charge in [0.1, 0.15) is 6.10 Å². The van der Waals surface area contributed by atoms with Crippen molar-refractivity contribution in [3.05, 3.63) is 11.6 Å². The minimum Gasteiger partial charge on any atom is -0.408 e. The maximum atomic E-state index is 12.0. The van der Waals surface area contributed by atoms with Gasteiger partial charge in [-0.05, 0) is 42.6 Å². The average Bonchev–Trinajstić information content (AvgIpc) is 2.96. The van der Waals surface area contributed by atoms with Gasteiger partial charge in [0, 0.05) is 18.8 Å². The Morgan fingerprint density at radius 2 is 1.96 bits per heavy atom. The van der Waals surface area contributed by atoms with E-state index in [0.29, 0.717) is 13.0 Å². The van der Waals surface area contributed by atoms with E-state index in [1.54, 1.807) is 6.08 Å². The second-order valence-corrected chi connectivity index (χ2v) is 11.9. The first-order valence-electron chi connectivity index (χ1n) is 9.27. The van der Waals surface area contributed by atoms with Crippen molar-refractivity contribution in [3.8, 4) is 0 Å². The van der Waals surface area contributed by atoms with E-state index in [0.717, 1.165) is 49.6 Å². The summed E-state index contributed by atoms with van der Waals surface area (Å²) in [6.07, 6.45) is 5.32. The normalized spacial score (nSPS) is 34.6. The summed E-state index contributed by atoms with van der Waals surface area (Å²) in [5, 5.41) is 0. The van der Waals surface area contributed by atoms with Gasteiger partial charge < -0.3 is 13.9 Å². The highest BCUT2D eigenvalue weighted by molar-refractivity contribution is 6.73. The summed E-state index contributed by atoms with van der Waals surface area (Å²) in [5.41, 5.74) is 1.12. The van der Waals surface area contributed by atoms with Gasteiger partial charge in [-0.25, -0.2) is 0 Å². The van der Waals surface area contributed by atoms with Crippen molar-refractivity contribution in [2.45, 2.75) is 76.5 Å². The SMILES string of the molecule is CC[Si](CC)(CC)O[C@@H]1[C@H]2CC(=O)C=C2CO[C@@]12CCCCO2. The van der Waals surface area contributed by atoms with E-state index in [9.17, 15) is 4.79 Å². The van der Waals surface area contributed by atoms with Crippen molar-refractivity contribution >= 4 is 14.1 Å². The topological polar surface area (TPSA) is 44.8 Å². The first-order valence-corrected chi connectivity index (χ1v) is 11.8. The lowest BCUT2D eigenvalue weighted by atomic mass is 9.84. The molecule has 0 aromatic carbocycles. The Balaban J connectivity index is 1.91. The molecule has 5 heteroatoms. The smallest absolute Gasteiger partial charge is 0.194 e. The van der Waals surface area contributed by atoms with Crippen LogP contribution in [0.2, 0.25) is 18.1 Å². The number of ether oxygens (including phenoxy) is 2. The number of fused-ring (bicyclic) bond motifs is 1. The summed E-state index contributed by atoms with van der Waals surface area (Å²) >= 11 is 0. The van der Waals surface area contributed by atoms with E-state index in [-0.39, 0.29) is 17.8 Å². The number of hydrogen-bond donors (Lipinski definition) is 0. The minimum atomic E-state index is -1.80. The molecule has 1 aliphatic carbocycles. The van der Waals surface area contributed by atoms with Crippen LogP contribution in [0.3, 0.4) is 0 Å². The molecule has 0 saturated carbocycles. The Bertz CT molecular complexity index is 469. The zero-order valence-electron chi connectivity index (χ0n) is 14.7. The van der Waals surface area contributed by atoms with E-state index in [1.807, 2.05) is 0 Å². The first-order chi connectivity index (χ1) is 11.1. The van der Waals surface area contributed by atoms with Crippen molar-refractivity contribution in [1.29, 1.82) is 0 Å². The highest BCUT2D eigenvalue weighted by atomic mass is 28.4. The van der Waals surface area contributed by atoms with Gasteiger partial charge in [0.15, 0.2) is 19.9 Å². The summed E-state index contributed by atoms with van der Waals surface area (Å²) < 4.78 is 19.3. The second kappa shape index (κ2) is 6.79. The van der Waals surface area contributed by atoms with E-state index in [2.05, 4.69) is 20.8 Å². The van der Waals surface area contributed by atoms with Crippen molar-refractivity contribution in [3.63, 3.8) is 0 Å². The molecule has 0 N–H and O–H groups in total. The van der Waals surface area contributed by atoms with E-state index >= 15 is 0 Å². The molecule has 2 saturated heterocycles. The summed E-state index contributed by atoms with van der Waals surface area (Å²) in [6, 6.07) is 3.31. The molecule has 0 unspecified atom stereocenters. The Kier molecular flexibility index (Phi) is 5.11. The maximum Gasteiger partial charge on any atom is 0.194 e. The second-order valence-electron chi connectivity index (χ2n) is 7.18. The predicted octanol–water partition coefficient (Wildman–Crippen LogP) is 3.82. The van der Waals surface area contributed by atoms with Crippen molar-refractivity contribution in [1.82, 2.24) is 0 Å². The molecule has 3 atom stereocenters. The van der Waals surface area contributed by atoms with Crippen LogP contribution in [0.25, 0.3) is 0 Å². The van der Waals surface area contributed by atoms with Crippen LogP contribution in [0.5, 0.6) is 0 Å². The number of allylic oxidation sites excluding steroid dienone is 1. The monoisotopic (exact) mass is 338 g/mol. The molecule has 3 rings (SSSR count). The fourth-order valence-electron chi connectivity index (χ4n) is 4.33. The van der Waals surface area contributed by atoms with Gasteiger partial charge in [0.2, 0.25) is 0 Å². The molecule has 2 aliphatic heterocycles. The molecular weight excluding hydrogens is 308 g/mol. The zero-order valence-corrected chi connectivity index (χ0v) is 15.7. The molecule has 2 heterocycles. The van der Waals surface area contributed by atoms with Gasteiger partial charge in [-0.2, -0.15) is 0 Å². The highest BCUT2D eigenvalue weighted by Gasteiger charge is 2.55. The number of hydrogen-bond acceptors (Lipinski definition) is 4. The van der Waals surface area contributed by atoms with Crippen LogP contribution < -0.4 is 0 Å². The predicted molar refractivity (Wildman–Crippen MR) is 91.8 cm³/mol. The number of carbonyl (C=O) groups excluding carboxylic acids is 1. The van der Waals surface area contributed by atoms with Crippen LogP contribution in [0.4, 0.5) is 0 Å². The molecule has 0 radical (unpaired) electrons. The fraction of sp³-hybridized carbons (Fsp3) is 0.833. The Hall–Kier alpha value is -0.493. The minimum absolute atomic E-state index is 0.110. The molecule has 0 bridgehead atoms.